The summed E-state index contributed by atoms with van der Waals surface area (Å²) in [4.78, 5) is 50.4. The van der Waals surface area contributed by atoms with E-state index in [9.17, 15) is 24.3 Å². The Bertz CT molecular complexity index is 1600. The summed E-state index contributed by atoms with van der Waals surface area (Å²) < 4.78 is 13.4. The molecule has 0 bridgehead atoms. The Morgan fingerprint density at radius 2 is 1.66 bits per heavy atom. The number of thiazole rings is 1. The molecule has 0 spiro atoms. The average molecular weight is 576 g/mol. The highest BCUT2D eigenvalue weighted by Crippen LogP contribution is 2.22. The standard InChI is InChI=1S/C31H32N2O7S/c1-31(2,3)40-29(37)32(4)25(28(35)36)18-20-10-13-23(14-11-20)39-17-16-33-24-15-12-22(19-26(24)41-30(33)38)27(34)21-8-6-5-7-9-21/h5-15,19,25H,16-18H2,1-4H3,(H,35,36)/p-1. The van der Waals surface area contributed by atoms with Gasteiger partial charge < -0.3 is 24.3 Å². The lowest BCUT2D eigenvalue weighted by atomic mass is 10.0. The normalized spacial score (nSPS) is 12.1. The number of nitrogens with zero attached hydrogens (tertiary/aromatic N) is 2. The molecule has 0 saturated carbocycles. The number of hydrogen-bond donors (Lipinski definition) is 0. The van der Waals surface area contributed by atoms with E-state index in [-0.39, 0.29) is 23.7 Å². The van der Waals surface area contributed by atoms with Crippen LogP contribution >= 0.6 is 11.3 Å². The summed E-state index contributed by atoms with van der Waals surface area (Å²) in [6.07, 6.45) is -0.717. The van der Waals surface area contributed by atoms with Crippen molar-refractivity contribution in [2.45, 2.75) is 45.4 Å². The van der Waals surface area contributed by atoms with Gasteiger partial charge in [-0.1, -0.05) is 53.8 Å². The molecule has 0 aliphatic heterocycles. The van der Waals surface area contributed by atoms with Crippen LogP contribution in [-0.2, 0) is 22.5 Å². The molecule has 0 N–H and O–H groups in total. The number of aromatic nitrogens is 1. The number of carboxylic acid groups (broad SMARTS) is 1. The maximum Gasteiger partial charge on any atom is 0.410 e. The lowest BCUT2D eigenvalue weighted by Gasteiger charge is -2.31. The average Bonchev–Trinajstić information content (AvgIpc) is 3.25. The number of carbonyl (C=O) groups is 3. The van der Waals surface area contributed by atoms with Gasteiger partial charge >= 0.3 is 11.0 Å². The van der Waals surface area contributed by atoms with E-state index in [1.54, 1.807) is 79.9 Å². The lowest BCUT2D eigenvalue weighted by molar-refractivity contribution is -0.310. The first kappa shape index (κ1) is 29.5. The molecule has 0 radical (unpaired) electrons. The van der Waals surface area contributed by atoms with Crippen LogP contribution < -0.4 is 14.7 Å². The first-order valence-corrected chi connectivity index (χ1v) is 13.9. The van der Waals surface area contributed by atoms with E-state index < -0.39 is 23.7 Å². The summed E-state index contributed by atoms with van der Waals surface area (Å²) >= 11 is 1.08. The van der Waals surface area contributed by atoms with Crippen LogP contribution in [0.3, 0.4) is 0 Å². The zero-order valence-electron chi connectivity index (χ0n) is 23.3. The third kappa shape index (κ3) is 7.40. The molecule has 41 heavy (non-hydrogen) atoms. The Balaban J connectivity index is 1.37. The third-order valence-corrected chi connectivity index (χ3v) is 7.27. The molecule has 1 heterocycles. The fourth-order valence-electron chi connectivity index (χ4n) is 4.21. The van der Waals surface area contributed by atoms with Crippen molar-refractivity contribution in [3.05, 3.63) is 99.2 Å². The topological polar surface area (TPSA) is 118 Å². The summed E-state index contributed by atoms with van der Waals surface area (Å²) in [5, 5.41) is 11.7. The quantitative estimate of drug-likeness (QED) is 0.263. The van der Waals surface area contributed by atoms with Gasteiger partial charge in [0, 0.05) is 18.2 Å². The molecule has 1 unspecified atom stereocenters. The van der Waals surface area contributed by atoms with Gasteiger partial charge in [0.25, 0.3) is 0 Å². The highest BCUT2D eigenvalue weighted by molar-refractivity contribution is 7.16. The van der Waals surface area contributed by atoms with Crippen LogP contribution in [0.15, 0.2) is 77.6 Å². The van der Waals surface area contributed by atoms with Gasteiger partial charge in [-0.25, -0.2) is 4.79 Å². The van der Waals surface area contributed by atoms with Gasteiger partial charge in [-0.05, 0) is 63.1 Å². The zero-order valence-corrected chi connectivity index (χ0v) is 24.1. The van der Waals surface area contributed by atoms with E-state index in [1.807, 2.05) is 18.2 Å². The highest BCUT2D eigenvalue weighted by Gasteiger charge is 2.26. The Morgan fingerprint density at radius 3 is 2.29 bits per heavy atom. The number of likely N-dealkylation sites (N-methyl/N-ethyl adjacent to an activating group) is 1. The number of benzene rings is 3. The molecule has 0 aliphatic carbocycles. The summed E-state index contributed by atoms with van der Waals surface area (Å²) in [6, 6.07) is 19.8. The van der Waals surface area contributed by atoms with Crippen LogP contribution in [0.4, 0.5) is 4.79 Å². The lowest BCUT2D eigenvalue weighted by Crippen LogP contribution is -2.51. The molecule has 214 valence electrons. The predicted octanol–water partition coefficient (Wildman–Crippen LogP) is 3.90. The molecule has 0 fully saturated rings. The van der Waals surface area contributed by atoms with E-state index in [1.165, 1.54) is 7.05 Å². The molecule has 10 heteroatoms. The molecule has 1 amide bonds. The molecule has 3 aromatic carbocycles. The number of rotatable bonds is 10. The first-order chi connectivity index (χ1) is 19.4. The number of carboxylic acids is 1. The Morgan fingerprint density at radius 1 is 0.976 bits per heavy atom. The van der Waals surface area contributed by atoms with Crippen molar-refractivity contribution >= 4 is 39.4 Å². The second kappa shape index (κ2) is 12.4. The molecule has 4 aromatic rings. The molecule has 9 nitrogen and oxygen atoms in total. The van der Waals surface area contributed by atoms with Gasteiger partial charge in [0.15, 0.2) is 5.78 Å². The van der Waals surface area contributed by atoms with Crippen molar-refractivity contribution in [3.63, 3.8) is 0 Å². The number of ether oxygens (including phenoxy) is 2. The van der Waals surface area contributed by atoms with Gasteiger partial charge in [-0.15, -0.1) is 0 Å². The zero-order chi connectivity index (χ0) is 29.7. The van der Waals surface area contributed by atoms with E-state index in [0.29, 0.717) is 29.0 Å². The van der Waals surface area contributed by atoms with Crippen molar-refractivity contribution in [2.75, 3.05) is 13.7 Å². The minimum absolute atomic E-state index is 0.0312. The van der Waals surface area contributed by atoms with Gasteiger partial charge in [0.1, 0.15) is 18.0 Å². The van der Waals surface area contributed by atoms with Gasteiger partial charge in [-0.3, -0.25) is 14.2 Å². The number of ketones is 1. The predicted molar refractivity (Wildman–Crippen MR) is 154 cm³/mol. The van der Waals surface area contributed by atoms with E-state index in [4.69, 9.17) is 9.47 Å². The maximum atomic E-state index is 12.8. The van der Waals surface area contributed by atoms with Crippen LogP contribution in [0, 0.1) is 0 Å². The smallest absolute Gasteiger partial charge is 0.410 e. The second-order valence-corrected chi connectivity index (χ2v) is 11.5. The Labute approximate surface area is 241 Å². The Kier molecular flexibility index (Phi) is 8.92. The largest absolute Gasteiger partial charge is 0.548 e. The minimum Gasteiger partial charge on any atom is -0.548 e. The van der Waals surface area contributed by atoms with E-state index in [0.717, 1.165) is 26.5 Å². The fourth-order valence-corrected chi connectivity index (χ4v) is 5.17. The number of amides is 1. The van der Waals surface area contributed by atoms with Gasteiger partial charge in [0.2, 0.25) is 0 Å². The number of hydrogen-bond acceptors (Lipinski definition) is 8. The van der Waals surface area contributed by atoms with Gasteiger partial charge in [0.05, 0.1) is 28.8 Å². The van der Waals surface area contributed by atoms with Crippen molar-refractivity contribution in [3.8, 4) is 5.75 Å². The molecule has 0 aliphatic rings. The van der Waals surface area contributed by atoms with Crippen LogP contribution in [0.5, 0.6) is 5.75 Å². The minimum atomic E-state index is -1.39. The maximum absolute atomic E-state index is 12.8. The second-order valence-electron chi connectivity index (χ2n) is 10.5. The van der Waals surface area contributed by atoms with Crippen molar-refractivity contribution in [1.29, 1.82) is 0 Å². The van der Waals surface area contributed by atoms with Crippen LogP contribution in [0.25, 0.3) is 10.2 Å². The monoisotopic (exact) mass is 575 g/mol. The molecule has 4 rings (SSSR count). The molecule has 0 saturated heterocycles. The van der Waals surface area contributed by atoms with Crippen LogP contribution in [0.1, 0.15) is 42.3 Å². The van der Waals surface area contributed by atoms with E-state index >= 15 is 0 Å². The summed E-state index contributed by atoms with van der Waals surface area (Å²) in [5.41, 5.74) is 1.75. The van der Waals surface area contributed by atoms with Gasteiger partial charge in [-0.2, -0.15) is 0 Å². The fraction of sp³-hybridized carbons (Fsp3) is 0.290. The number of carbonyl (C=O) groups excluding carboxylic acids is 3. The number of aliphatic carboxylic acids is 1. The van der Waals surface area contributed by atoms with Crippen molar-refractivity contribution in [1.82, 2.24) is 9.47 Å². The Hall–Kier alpha value is -4.44. The van der Waals surface area contributed by atoms with Crippen molar-refractivity contribution < 1.29 is 29.0 Å². The molecular formula is C31H31N2O7S-. The summed E-state index contributed by atoms with van der Waals surface area (Å²) in [5.74, 6) is -0.944. The van der Waals surface area contributed by atoms with Crippen LogP contribution in [0.2, 0.25) is 0 Å². The summed E-state index contributed by atoms with van der Waals surface area (Å²) in [7, 11) is 1.37. The highest BCUT2D eigenvalue weighted by atomic mass is 32.1. The molecular weight excluding hydrogens is 544 g/mol. The first-order valence-electron chi connectivity index (χ1n) is 13.0. The third-order valence-electron chi connectivity index (χ3n) is 6.32. The van der Waals surface area contributed by atoms with Crippen molar-refractivity contribution in [2.24, 2.45) is 0 Å². The van der Waals surface area contributed by atoms with Crippen LogP contribution in [-0.4, -0.2) is 52.6 Å². The SMILES string of the molecule is CN(C(=O)OC(C)(C)C)C(Cc1ccc(OCCn2c(=O)sc3cc(C(=O)c4ccccc4)ccc32)cc1)C(=O)[O-]. The molecule has 1 atom stereocenters. The van der Waals surface area contributed by atoms with E-state index in [2.05, 4.69) is 0 Å². The number of fused-ring (bicyclic) bond motifs is 1. The summed E-state index contributed by atoms with van der Waals surface area (Å²) in [6.45, 7) is 5.63. The molecule has 1 aromatic heterocycles.